The Labute approximate surface area is 120 Å². The van der Waals surface area contributed by atoms with Crippen LogP contribution >= 0.6 is 0 Å². The van der Waals surface area contributed by atoms with Gasteiger partial charge in [-0.05, 0) is 24.1 Å². The molecule has 20 heavy (non-hydrogen) atoms. The van der Waals surface area contributed by atoms with Crippen LogP contribution in [0.2, 0.25) is 0 Å². The fraction of sp³-hybridized carbons (Fsp3) is 0.500. The Morgan fingerprint density at radius 2 is 2.00 bits per heavy atom. The normalized spacial score (nSPS) is 11.8. The lowest BCUT2D eigenvalue weighted by molar-refractivity contribution is 0.281. The summed E-state index contributed by atoms with van der Waals surface area (Å²) in [5.74, 6) is 1.84. The van der Waals surface area contributed by atoms with Crippen molar-refractivity contribution in [2.75, 3.05) is 0 Å². The highest BCUT2D eigenvalue weighted by Crippen LogP contribution is 2.23. The van der Waals surface area contributed by atoms with Gasteiger partial charge in [-0.15, -0.1) is 0 Å². The summed E-state index contributed by atoms with van der Waals surface area (Å²) in [6.07, 6.45) is 5.70. The van der Waals surface area contributed by atoms with Crippen LogP contribution in [0.1, 0.15) is 51.2 Å². The van der Waals surface area contributed by atoms with E-state index in [1.54, 1.807) is 6.20 Å². The van der Waals surface area contributed by atoms with Crippen molar-refractivity contribution in [2.45, 2.75) is 52.6 Å². The molecule has 4 heteroatoms. The molecule has 0 aromatic carbocycles. The molecule has 0 unspecified atom stereocenters. The Bertz CT molecular complexity index is 582. The highest BCUT2D eigenvalue weighted by molar-refractivity contribution is 5.34. The van der Waals surface area contributed by atoms with Crippen LogP contribution in [0.15, 0.2) is 24.5 Å². The van der Waals surface area contributed by atoms with Crippen molar-refractivity contribution in [1.82, 2.24) is 14.5 Å². The minimum absolute atomic E-state index is 0.0242. The maximum Gasteiger partial charge on any atom is 0.138 e. The number of rotatable bonds is 4. The summed E-state index contributed by atoms with van der Waals surface area (Å²) in [4.78, 5) is 9.14. The predicted octanol–water partition coefficient (Wildman–Crippen LogP) is 3.01. The van der Waals surface area contributed by atoms with Gasteiger partial charge in [-0.2, -0.15) is 0 Å². The molecular weight excluding hydrogens is 250 g/mol. The first-order chi connectivity index (χ1) is 9.45. The molecule has 0 saturated carbocycles. The number of pyridine rings is 1. The Morgan fingerprint density at radius 1 is 1.25 bits per heavy atom. The fourth-order valence-electron chi connectivity index (χ4n) is 2.12. The van der Waals surface area contributed by atoms with Crippen molar-refractivity contribution in [3.63, 3.8) is 0 Å². The number of nitrogens with zero attached hydrogens (tertiary/aromatic N) is 3. The first-order valence-corrected chi connectivity index (χ1v) is 7.10. The highest BCUT2D eigenvalue weighted by atomic mass is 16.3. The smallest absolute Gasteiger partial charge is 0.138 e. The minimum atomic E-state index is -0.0502. The summed E-state index contributed by atoms with van der Waals surface area (Å²) in [6.45, 7) is 8.54. The van der Waals surface area contributed by atoms with Crippen LogP contribution < -0.4 is 0 Å². The molecule has 0 aliphatic heterocycles. The minimum Gasteiger partial charge on any atom is -0.392 e. The molecule has 1 N–H and O–H groups in total. The Morgan fingerprint density at radius 3 is 2.60 bits per heavy atom. The van der Waals surface area contributed by atoms with Gasteiger partial charge >= 0.3 is 0 Å². The first-order valence-electron chi connectivity index (χ1n) is 7.10. The molecule has 2 rings (SSSR count). The third-order valence-electron chi connectivity index (χ3n) is 3.26. The van der Waals surface area contributed by atoms with Gasteiger partial charge in [-0.1, -0.05) is 27.7 Å². The molecule has 0 spiro atoms. The second-order valence-corrected chi connectivity index (χ2v) is 6.09. The van der Waals surface area contributed by atoms with Crippen LogP contribution in [0.5, 0.6) is 0 Å². The third-order valence-corrected chi connectivity index (χ3v) is 3.26. The summed E-state index contributed by atoms with van der Waals surface area (Å²) in [5, 5.41) is 9.47. The Kier molecular flexibility index (Phi) is 4.23. The lowest BCUT2D eigenvalue weighted by atomic mass is 9.91. The summed E-state index contributed by atoms with van der Waals surface area (Å²) in [5.41, 5.74) is 1.82. The van der Waals surface area contributed by atoms with Crippen molar-refractivity contribution < 1.29 is 5.11 Å². The van der Waals surface area contributed by atoms with E-state index in [0.717, 1.165) is 35.7 Å². The van der Waals surface area contributed by atoms with Crippen LogP contribution in [0.4, 0.5) is 0 Å². The first kappa shape index (κ1) is 14.7. The lowest BCUT2D eigenvalue weighted by Crippen LogP contribution is -2.16. The second-order valence-electron chi connectivity index (χ2n) is 6.09. The number of imidazole rings is 1. The number of aliphatic hydroxyl groups is 1. The fourth-order valence-corrected chi connectivity index (χ4v) is 2.12. The van der Waals surface area contributed by atoms with Crippen molar-refractivity contribution in [1.29, 1.82) is 0 Å². The Balaban J connectivity index is 2.53. The number of aryl methyl sites for hydroxylation is 1. The molecule has 0 radical (unpaired) electrons. The molecule has 0 fully saturated rings. The second kappa shape index (κ2) is 5.75. The van der Waals surface area contributed by atoms with Crippen LogP contribution in [-0.2, 0) is 18.4 Å². The molecule has 0 atom stereocenters. The monoisotopic (exact) mass is 273 g/mol. The molecule has 4 nitrogen and oxygen atoms in total. The van der Waals surface area contributed by atoms with Crippen molar-refractivity contribution in [3.05, 3.63) is 41.6 Å². The molecule has 0 bridgehead atoms. The quantitative estimate of drug-likeness (QED) is 0.931. The summed E-state index contributed by atoms with van der Waals surface area (Å²) < 4.78 is 2.01. The van der Waals surface area contributed by atoms with Crippen LogP contribution in [0.25, 0.3) is 5.82 Å². The van der Waals surface area contributed by atoms with E-state index < -0.39 is 0 Å². The van der Waals surface area contributed by atoms with E-state index in [9.17, 15) is 5.11 Å². The number of hydrogen-bond donors (Lipinski definition) is 1. The van der Waals surface area contributed by atoms with Crippen LogP contribution in [0.3, 0.4) is 0 Å². The zero-order valence-corrected chi connectivity index (χ0v) is 12.7. The molecule has 0 amide bonds. The molecule has 0 aliphatic carbocycles. The number of aliphatic hydroxyl groups excluding tert-OH is 1. The maximum absolute atomic E-state index is 9.47. The topological polar surface area (TPSA) is 50.9 Å². The van der Waals surface area contributed by atoms with Gasteiger partial charge in [0.1, 0.15) is 11.6 Å². The molecule has 108 valence electrons. The van der Waals surface area contributed by atoms with Gasteiger partial charge in [0.25, 0.3) is 0 Å². The molecule has 0 saturated heterocycles. The van der Waals surface area contributed by atoms with Gasteiger partial charge in [-0.25, -0.2) is 9.97 Å². The van der Waals surface area contributed by atoms with E-state index >= 15 is 0 Å². The summed E-state index contributed by atoms with van der Waals surface area (Å²) in [6, 6.07) is 3.90. The third kappa shape index (κ3) is 3.07. The van der Waals surface area contributed by atoms with Gasteiger partial charge in [0.15, 0.2) is 0 Å². The Hall–Kier alpha value is -1.68. The molecule has 0 aliphatic rings. The van der Waals surface area contributed by atoms with Gasteiger partial charge in [0.2, 0.25) is 0 Å². The molecule has 2 aromatic rings. The maximum atomic E-state index is 9.47. The standard InChI is InChI=1S/C16H23N3O/c1-5-6-14-17-7-8-19(14)15-10-12(11-20)9-13(18-15)16(2,3)4/h7-10,20H,5-6,11H2,1-4H3. The van der Waals surface area contributed by atoms with Gasteiger partial charge in [0.05, 0.1) is 6.61 Å². The van der Waals surface area contributed by atoms with Gasteiger partial charge in [0, 0.05) is 29.9 Å². The van der Waals surface area contributed by atoms with E-state index in [0.29, 0.717) is 0 Å². The number of aromatic nitrogens is 3. The van der Waals surface area contributed by atoms with E-state index in [-0.39, 0.29) is 12.0 Å². The molecular formula is C16H23N3O. The average molecular weight is 273 g/mol. The van der Waals surface area contributed by atoms with Gasteiger partial charge < -0.3 is 5.11 Å². The van der Waals surface area contributed by atoms with Crippen molar-refractivity contribution in [2.24, 2.45) is 0 Å². The zero-order valence-electron chi connectivity index (χ0n) is 12.7. The van der Waals surface area contributed by atoms with Crippen LogP contribution in [0, 0.1) is 0 Å². The van der Waals surface area contributed by atoms with E-state index in [4.69, 9.17) is 4.98 Å². The SMILES string of the molecule is CCCc1nccn1-c1cc(CO)cc(C(C)(C)C)n1. The average Bonchev–Trinajstić information content (AvgIpc) is 2.86. The summed E-state index contributed by atoms with van der Waals surface area (Å²) >= 11 is 0. The molecule has 2 aromatic heterocycles. The van der Waals surface area contributed by atoms with E-state index in [2.05, 4.69) is 32.7 Å². The predicted molar refractivity (Wildman–Crippen MR) is 80.0 cm³/mol. The van der Waals surface area contributed by atoms with Crippen molar-refractivity contribution >= 4 is 0 Å². The number of hydrogen-bond acceptors (Lipinski definition) is 3. The zero-order chi connectivity index (χ0) is 14.8. The highest BCUT2D eigenvalue weighted by Gasteiger charge is 2.18. The van der Waals surface area contributed by atoms with Crippen LogP contribution in [-0.4, -0.2) is 19.6 Å². The van der Waals surface area contributed by atoms with E-state index in [1.165, 1.54) is 0 Å². The summed E-state index contributed by atoms with van der Waals surface area (Å²) in [7, 11) is 0. The lowest BCUT2D eigenvalue weighted by Gasteiger charge is -2.20. The van der Waals surface area contributed by atoms with E-state index in [1.807, 2.05) is 22.9 Å². The van der Waals surface area contributed by atoms with Crippen molar-refractivity contribution in [3.8, 4) is 5.82 Å². The largest absolute Gasteiger partial charge is 0.392 e. The van der Waals surface area contributed by atoms with Gasteiger partial charge in [-0.3, -0.25) is 4.57 Å². The molecule has 2 heterocycles.